The highest BCUT2D eigenvalue weighted by molar-refractivity contribution is 9.10. The molecule has 0 aliphatic carbocycles. The van der Waals surface area contributed by atoms with Crippen LogP contribution in [0.25, 0.3) is 0 Å². The zero-order chi connectivity index (χ0) is 21.6. The van der Waals surface area contributed by atoms with Gasteiger partial charge in [0.25, 0.3) is 0 Å². The molecule has 2 rings (SSSR count). The van der Waals surface area contributed by atoms with Crippen molar-refractivity contribution in [3.05, 3.63) is 80.3 Å². The second-order valence-corrected chi connectivity index (χ2v) is 8.75. The number of carbonyl (C=O) groups is 2. The summed E-state index contributed by atoms with van der Waals surface area (Å²) >= 11 is 3.35. The second-order valence-electron chi connectivity index (χ2n) is 7.84. The number of carbonyl (C=O) groups excluding carboxylic acids is 2. The van der Waals surface area contributed by atoms with E-state index in [2.05, 4.69) is 15.9 Å². The van der Waals surface area contributed by atoms with Gasteiger partial charge in [0.15, 0.2) is 0 Å². The summed E-state index contributed by atoms with van der Waals surface area (Å²) < 4.78 is 6.08. The van der Waals surface area contributed by atoms with Crippen molar-refractivity contribution in [3.63, 3.8) is 0 Å². The van der Waals surface area contributed by atoms with Crippen molar-refractivity contribution in [1.82, 2.24) is 0 Å². The Hall–Kier alpha value is -2.54. The lowest BCUT2D eigenvalue weighted by Crippen LogP contribution is -2.37. The molecule has 0 aliphatic rings. The molecule has 0 aliphatic heterocycles. The van der Waals surface area contributed by atoms with Gasteiger partial charge in [0.2, 0.25) is 12.3 Å². The van der Waals surface area contributed by atoms with Gasteiger partial charge in [-0.3, -0.25) is 14.9 Å². The molecule has 0 unspecified atom stereocenters. The Kier molecular flexibility index (Phi) is 7.67. The molecule has 2 aromatic rings. The maximum Gasteiger partial charge on any atom is 0.375 e. The third-order valence-corrected chi connectivity index (χ3v) is 4.89. The van der Waals surface area contributed by atoms with Crippen molar-refractivity contribution in [2.24, 2.45) is 5.92 Å². The van der Waals surface area contributed by atoms with E-state index in [0.717, 1.165) is 10.0 Å². The third-order valence-electron chi connectivity index (χ3n) is 4.36. The lowest BCUT2D eigenvalue weighted by atomic mass is 9.79. The van der Waals surface area contributed by atoms with Crippen molar-refractivity contribution in [2.45, 2.75) is 38.7 Å². The van der Waals surface area contributed by atoms with Crippen molar-refractivity contribution in [2.75, 3.05) is 6.54 Å². The Labute approximate surface area is 178 Å². The highest BCUT2D eigenvalue weighted by Gasteiger charge is 2.38. The van der Waals surface area contributed by atoms with E-state index in [0.29, 0.717) is 5.56 Å². The quantitative estimate of drug-likeness (QED) is 0.248. The van der Waals surface area contributed by atoms with Crippen LogP contribution in [0, 0.1) is 16.0 Å². The van der Waals surface area contributed by atoms with Gasteiger partial charge in [0.05, 0.1) is 5.92 Å². The zero-order valence-electron chi connectivity index (χ0n) is 16.6. The summed E-state index contributed by atoms with van der Waals surface area (Å²) in [7, 11) is 0. The maximum atomic E-state index is 13.1. The highest BCUT2D eigenvalue weighted by atomic mass is 79.9. The lowest BCUT2D eigenvalue weighted by molar-refractivity contribution is -0.484. The van der Waals surface area contributed by atoms with E-state index >= 15 is 0 Å². The van der Waals surface area contributed by atoms with E-state index in [1.807, 2.05) is 30.3 Å². The van der Waals surface area contributed by atoms with E-state index in [1.54, 1.807) is 45.0 Å². The van der Waals surface area contributed by atoms with Crippen molar-refractivity contribution in [1.29, 1.82) is 0 Å². The number of Topliss-reactive ketones (excluding diaryl/α,β-unsaturated/α-hetero) is 1. The van der Waals surface area contributed by atoms with Crippen LogP contribution in [-0.2, 0) is 20.7 Å². The number of halogens is 1. The molecule has 0 spiro atoms. The molecule has 2 atom stereocenters. The monoisotopic (exact) mass is 461 g/mol. The van der Waals surface area contributed by atoms with E-state index in [-0.39, 0.29) is 6.42 Å². The first-order valence-corrected chi connectivity index (χ1v) is 10.0. The molecule has 6 nitrogen and oxygen atoms in total. The molecule has 0 radical (unpaired) electrons. The fourth-order valence-corrected chi connectivity index (χ4v) is 3.37. The molecule has 0 fully saturated rings. The van der Waals surface area contributed by atoms with E-state index < -0.39 is 40.7 Å². The van der Waals surface area contributed by atoms with Crippen LogP contribution in [0.15, 0.2) is 59.1 Å². The average molecular weight is 462 g/mol. The van der Waals surface area contributed by atoms with Gasteiger partial charge in [-0.05, 0) is 50.5 Å². The number of nitrogens with zero attached hydrogens (tertiary/aromatic N) is 1. The molecule has 0 saturated heterocycles. The molecule has 0 aromatic heterocycles. The van der Waals surface area contributed by atoms with Gasteiger partial charge in [-0.15, -0.1) is 0 Å². The molecular weight excluding hydrogens is 438 g/mol. The molecule has 29 heavy (non-hydrogen) atoms. The molecule has 154 valence electrons. The largest absolute Gasteiger partial charge is 0.454 e. The standard InChI is InChI=1S/C22H24BrNO5/c1-22(2,3)29-21(26)20(25)18(13-15-7-5-4-6-8-15)19(14-24(27)28)16-9-11-17(23)12-10-16/h4-12,18-19H,13-14H2,1-3H3/t18-,19+/m1/s1. The van der Waals surface area contributed by atoms with Crippen LogP contribution in [-0.4, -0.2) is 28.8 Å². The number of rotatable bonds is 8. The third kappa shape index (κ3) is 7.09. The van der Waals surface area contributed by atoms with Crippen LogP contribution in [0.5, 0.6) is 0 Å². The summed E-state index contributed by atoms with van der Waals surface area (Å²) in [6, 6.07) is 16.2. The van der Waals surface area contributed by atoms with E-state index in [4.69, 9.17) is 4.74 Å². The van der Waals surface area contributed by atoms with Crippen LogP contribution in [0.4, 0.5) is 0 Å². The minimum absolute atomic E-state index is 0.202. The number of esters is 1. The Morgan fingerprint density at radius 2 is 1.66 bits per heavy atom. The van der Waals surface area contributed by atoms with Gasteiger partial charge in [-0.25, -0.2) is 4.79 Å². The second kappa shape index (κ2) is 9.78. The minimum atomic E-state index is -0.969. The van der Waals surface area contributed by atoms with Gasteiger partial charge in [0, 0.05) is 15.3 Å². The summed E-state index contributed by atoms with van der Waals surface area (Å²) in [5, 5.41) is 11.4. The first-order valence-electron chi connectivity index (χ1n) is 9.25. The van der Waals surface area contributed by atoms with Crippen molar-refractivity contribution in [3.8, 4) is 0 Å². The van der Waals surface area contributed by atoms with Gasteiger partial charge >= 0.3 is 5.97 Å². The first kappa shape index (κ1) is 22.7. The minimum Gasteiger partial charge on any atom is -0.454 e. The number of benzene rings is 2. The molecule has 2 aromatic carbocycles. The van der Waals surface area contributed by atoms with Crippen molar-refractivity contribution < 1.29 is 19.2 Å². The SMILES string of the molecule is CC(C)(C)OC(=O)C(=O)[C@H](Cc1ccccc1)[C@@H](C[N+](=O)[O-])c1ccc(Br)cc1. The van der Waals surface area contributed by atoms with Crippen LogP contribution in [0.1, 0.15) is 37.8 Å². The van der Waals surface area contributed by atoms with Crippen LogP contribution < -0.4 is 0 Å². The number of ketones is 1. The Balaban J connectivity index is 2.45. The number of hydrogen-bond acceptors (Lipinski definition) is 5. The average Bonchev–Trinajstić information content (AvgIpc) is 2.64. The Morgan fingerprint density at radius 3 is 2.17 bits per heavy atom. The van der Waals surface area contributed by atoms with Crippen LogP contribution >= 0.6 is 15.9 Å². The molecule has 0 amide bonds. The topological polar surface area (TPSA) is 86.5 Å². The predicted octanol–water partition coefficient (Wildman–Crippen LogP) is 4.58. The van der Waals surface area contributed by atoms with Crippen LogP contribution in [0.3, 0.4) is 0 Å². The first-order chi connectivity index (χ1) is 13.6. The fourth-order valence-electron chi connectivity index (χ4n) is 3.10. The predicted molar refractivity (Wildman–Crippen MR) is 113 cm³/mol. The fraction of sp³-hybridized carbons (Fsp3) is 0.364. The molecule has 0 heterocycles. The lowest BCUT2D eigenvalue weighted by Gasteiger charge is -2.25. The molecule has 0 bridgehead atoms. The normalized spacial score (nSPS) is 13.4. The molecule has 0 N–H and O–H groups in total. The summed E-state index contributed by atoms with van der Waals surface area (Å²) in [6.45, 7) is 4.56. The summed E-state index contributed by atoms with van der Waals surface area (Å²) in [5.74, 6) is -3.40. The Bertz CT molecular complexity index is 859. The number of ether oxygens (including phenoxy) is 1. The summed E-state index contributed by atoms with van der Waals surface area (Å²) in [6.07, 6.45) is 0.202. The highest BCUT2D eigenvalue weighted by Crippen LogP contribution is 2.31. The maximum absolute atomic E-state index is 13.1. The summed E-state index contributed by atoms with van der Waals surface area (Å²) in [5.41, 5.74) is 0.614. The molecule has 7 heteroatoms. The molecular formula is C22H24BrNO5. The van der Waals surface area contributed by atoms with Gasteiger partial charge in [-0.2, -0.15) is 0 Å². The Morgan fingerprint density at radius 1 is 1.07 bits per heavy atom. The van der Waals surface area contributed by atoms with Gasteiger partial charge in [-0.1, -0.05) is 58.4 Å². The van der Waals surface area contributed by atoms with Crippen LogP contribution in [0.2, 0.25) is 0 Å². The summed E-state index contributed by atoms with van der Waals surface area (Å²) in [4.78, 5) is 36.5. The number of hydrogen-bond donors (Lipinski definition) is 0. The smallest absolute Gasteiger partial charge is 0.375 e. The molecule has 0 saturated carbocycles. The number of nitro groups is 1. The zero-order valence-corrected chi connectivity index (χ0v) is 18.2. The van der Waals surface area contributed by atoms with E-state index in [1.165, 1.54) is 0 Å². The van der Waals surface area contributed by atoms with Crippen molar-refractivity contribution >= 4 is 27.7 Å². The van der Waals surface area contributed by atoms with Gasteiger partial charge < -0.3 is 4.74 Å². The van der Waals surface area contributed by atoms with Gasteiger partial charge in [0.1, 0.15) is 5.60 Å². The van der Waals surface area contributed by atoms with E-state index in [9.17, 15) is 19.7 Å².